The number of rotatable bonds is 7. The van der Waals surface area contributed by atoms with Gasteiger partial charge in [0.25, 0.3) is 0 Å². The minimum absolute atomic E-state index is 0.635. The van der Waals surface area contributed by atoms with Crippen LogP contribution >= 0.6 is 0 Å². The predicted molar refractivity (Wildman–Crippen MR) is 110 cm³/mol. The van der Waals surface area contributed by atoms with Gasteiger partial charge < -0.3 is 19.7 Å². The molecule has 0 aromatic heterocycles. The van der Waals surface area contributed by atoms with Crippen molar-refractivity contribution in [3.8, 4) is 5.75 Å². The molecule has 0 radical (unpaired) electrons. The van der Waals surface area contributed by atoms with Crippen LogP contribution in [0, 0.1) is 6.92 Å². The summed E-state index contributed by atoms with van der Waals surface area (Å²) in [5.41, 5.74) is 1.26. The zero-order chi connectivity index (χ0) is 18.9. The summed E-state index contributed by atoms with van der Waals surface area (Å²) in [5, 5.41) is 3.52. The fourth-order valence-electron chi connectivity index (χ4n) is 3.76. The van der Waals surface area contributed by atoms with Gasteiger partial charge in [0.05, 0.1) is 19.8 Å². The third-order valence-electron chi connectivity index (χ3n) is 5.38. The number of benzene rings is 1. The van der Waals surface area contributed by atoms with Crippen molar-refractivity contribution < 1.29 is 9.47 Å². The van der Waals surface area contributed by atoms with Crippen molar-refractivity contribution in [3.63, 3.8) is 0 Å². The number of hydrogen-bond donors (Lipinski definition) is 1. The number of aliphatic imine (C=N–C) groups is 1. The molecule has 0 aliphatic carbocycles. The van der Waals surface area contributed by atoms with Gasteiger partial charge in [0.1, 0.15) is 5.75 Å². The topological polar surface area (TPSA) is 49.3 Å². The number of aryl methyl sites for hydroxylation is 1. The van der Waals surface area contributed by atoms with E-state index in [1.165, 1.54) is 12.0 Å². The van der Waals surface area contributed by atoms with Crippen LogP contribution < -0.4 is 10.1 Å². The monoisotopic (exact) mass is 374 g/mol. The van der Waals surface area contributed by atoms with Crippen LogP contribution in [0.3, 0.4) is 0 Å². The maximum Gasteiger partial charge on any atom is 0.193 e. The molecule has 27 heavy (non-hydrogen) atoms. The molecule has 1 N–H and O–H groups in total. The number of nitrogens with zero attached hydrogens (tertiary/aromatic N) is 3. The van der Waals surface area contributed by atoms with Crippen LogP contribution in [0.2, 0.25) is 0 Å². The summed E-state index contributed by atoms with van der Waals surface area (Å²) in [6.07, 6.45) is 3.32. The lowest BCUT2D eigenvalue weighted by atomic mass is 10.2. The van der Waals surface area contributed by atoms with Gasteiger partial charge in [-0.15, -0.1) is 0 Å². The first kappa shape index (κ1) is 20.0. The Labute approximate surface area is 163 Å². The Hall–Kier alpha value is -1.79. The maximum atomic E-state index is 5.79. The van der Waals surface area contributed by atoms with Crippen LogP contribution in [0.25, 0.3) is 0 Å². The lowest BCUT2D eigenvalue weighted by molar-refractivity contribution is 0.0195. The smallest absolute Gasteiger partial charge is 0.193 e. The minimum Gasteiger partial charge on any atom is -0.494 e. The molecular formula is C21H34N4O2. The highest BCUT2D eigenvalue weighted by Gasteiger charge is 2.30. The molecule has 6 heteroatoms. The van der Waals surface area contributed by atoms with Gasteiger partial charge in [0.2, 0.25) is 0 Å². The van der Waals surface area contributed by atoms with E-state index in [-0.39, 0.29) is 0 Å². The zero-order valence-electron chi connectivity index (χ0n) is 16.8. The van der Waals surface area contributed by atoms with Crippen LogP contribution in [0.5, 0.6) is 5.75 Å². The van der Waals surface area contributed by atoms with Crippen molar-refractivity contribution >= 4 is 5.96 Å². The number of ether oxygens (including phenoxy) is 2. The highest BCUT2D eigenvalue weighted by molar-refractivity contribution is 5.80. The summed E-state index contributed by atoms with van der Waals surface area (Å²) in [5.74, 6) is 1.99. The minimum atomic E-state index is 0.635. The SMILES string of the molecule is CN=C(NCCCCOc1ccc(C)cc1)N1CCC(N2CCOCC2)C1. The Morgan fingerprint density at radius 2 is 1.96 bits per heavy atom. The molecule has 2 fully saturated rings. The summed E-state index contributed by atoms with van der Waals surface area (Å²) in [4.78, 5) is 9.44. The molecule has 1 aromatic rings. The average Bonchev–Trinajstić information content (AvgIpc) is 3.19. The molecule has 2 aliphatic heterocycles. The maximum absolute atomic E-state index is 5.79. The van der Waals surface area contributed by atoms with Crippen molar-refractivity contribution in [2.24, 2.45) is 4.99 Å². The Bertz CT molecular complexity index is 584. The summed E-state index contributed by atoms with van der Waals surface area (Å²) >= 11 is 0. The van der Waals surface area contributed by atoms with Crippen LogP contribution in [0.1, 0.15) is 24.8 Å². The van der Waals surface area contributed by atoms with Gasteiger partial charge in [-0.05, 0) is 38.3 Å². The number of guanidine groups is 1. The first-order valence-electron chi connectivity index (χ1n) is 10.2. The number of morpholine rings is 1. The molecule has 1 aromatic carbocycles. The van der Waals surface area contributed by atoms with Gasteiger partial charge in [-0.2, -0.15) is 0 Å². The van der Waals surface area contributed by atoms with Crippen molar-refractivity contribution in [2.45, 2.75) is 32.2 Å². The van der Waals surface area contributed by atoms with E-state index in [1.54, 1.807) is 0 Å². The Kier molecular flexibility index (Phi) is 7.78. The number of hydrogen-bond acceptors (Lipinski definition) is 4. The second-order valence-corrected chi connectivity index (χ2v) is 7.38. The Morgan fingerprint density at radius 3 is 2.70 bits per heavy atom. The largest absolute Gasteiger partial charge is 0.494 e. The quantitative estimate of drug-likeness (QED) is 0.450. The molecule has 3 rings (SSSR count). The lowest BCUT2D eigenvalue weighted by Gasteiger charge is -2.32. The molecule has 0 spiro atoms. The summed E-state index contributed by atoms with van der Waals surface area (Å²) < 4.78 is 11.3. The average molecular weight is 375 g/mol. The van der Waals surface area contributed by atoms with E-state index >= 15 is 0 Å². The van der Waals surface area contributed by atoms with E-state index in [9.17, 15) is 0 Å². The first-order valence-corrected chi connectivity index (χ1v) is 10.2. The summed E-state index contributed by atoms with van der Waals surface area (Å²) in [6, 6.07) is 8.87. The van der Waals surface area contributed by atoms with Crippen LogP contribution in [-0.4, -0.2) is 81.4 Å². The molecule has 2 aliphatic rings. The summed E-state index contributed by atoms with van der Waals surface area (Å²) in [7, 11) is 1.88. The van der Waals surface area contributed by atoms with Crippen molar-refractivity contribution in [1.29, 1.82) is 0 Å². The highest BCUT2D eigenvalue weighted by atomic mass is 16.5. The standard InChI is InChI=1S/C21H34N4O2/c1-18-5-7-20(8-6-18)27-14-4-3-10-23-21(22-2)25-11-9-19(17-25)24-12-15-26-16-13-24/h5-8,19H,3-4,9-17H2,1-2H3,(H,22,23). The second kappa shape index (κ2) is 10.5. The zero-order valence-corrected chi connectivity index (χ0v) is 16.8. The number of nitrogens with one attached hydrogen (secondary N) is 1. The molecule has 2 saturated heterocycles. The predicted octanol–water partition coefficient (Wildman–Crippen LogP) is 2.14. The van der Waals surface area contributed by atoms with Gasteiger partial charge in [-0.25, -0.2) is 0 Å². The fraction of sp³-hybridized carbons (Fsp3) is 0.667. The van der Waals surface area contributed by atoms with E-state index in [2.05, 4.69) is 39.2 Å². The number of likely N-dealkylation sites (tertiary alicyclic amines) is 1. The molecular weight excluding hydrogens is 340 g/mol. The van der Waals surface area contributed by atoms with Crippen molar-refractivity contribution in [3.05, 3.63) is 29.8 Å². The molecule has 2 heterocycles. The molecule has 0 bridgehead atoms. The van der Waals surface area contributed by atoms with Gasteiger partial charge in [-0.3, -0.25) is 9.89 Å². The molecule has 6 nitrogen and oxygen atoms in total. The molecule has 150 valence electrons. The highest BCUT2D eigenvalue weighted by Crippen LogP contribution is 2.17. The Morgan fingerprint density at radius 1 is 1.19 bits per heavy atom. The van der Waals surface area contributed by atoms with Crippen molar-refractivity contribution in [2.75, 3.05) is 59.6 Å². The van der Waals surface area contributed by atoms with Gasteiger partial charge in [0, 0.05) is 45.8 Å². The van der Waals surface area contributed by atoms with E-state index in [4.69, 9.17) is 9.47 Å². The third-order valence-corrected chi connectivity index (χ3v) is 5.38. The normalized spacial score (nSPS) is 21.5. The molecule has 1 atom stereocenters. The van der Waals surface area contributed by atoms with Gasteiger partial charge >= 0.3 is 0 Å². The number of unbranched alkanes of at least 4 members (excludes halogenated alkanes) is 1. The van der Waals surface area contributed by atoms with Crippen LogP contribution in [0.15, 0.2) is 29.3 Å². The van der Waals surface area contributed by atoms with Crippen LogP contribution in [0.4, 0.5) is 0 Å². The van der Waals surface area contributed by atoms with Gasteiger partial charge in [-0.1, -0.05) is 17.7 Å². The molecule has 1 unspecified atom stereocenters. The first-order chi connectivity index (χ1) is 13.3. The summed E-state index contributed by atoms with van der Waals surface area (Å²) in [6.45, 7) is 9.79. The molecule has 0 amide bonds. The third kappa shape index (κ3) is 6.11. The van der Waals surface area contributed by atoms with E-state index in [0.29, 0.717) is 6.04 Å². The Balaban J connectivity index is 1.30. The molecule has 0 saturated carbocycles. The van der Waals surface area contributed by atoms with Crippen molar-refractivity contribution in [1.82, 2.24) is 15.1 Å². The van der Waals surface area contributed by atoms with Crippen LogP contribution in [-0.2, 0) is 4.74 Å². The van der Waals surface area contributed by atoms with Gasteiger partial charge in [0.15, 0.2) is 5.96 Å². The second-order valence-electron chi connectivity index (χ2n) is 7.38. The van der Waals surface area contributed by atoms with E-state index < -0.39 is 0 Å². The van der Waals surface area contributed by atoms with E-state index in [0.717, 1.165) is 77.1 Å². The fourth-order valence-corrected chi connectivity index (χ4v) is 3.76. The lowest BCUT2D eigenvalue weighted by Crippen LogP contribution is -2.46. The van der Waals surface area contributed by atoms with E-state index in [1.807, 2.05) is 19.2 Å².